The van der Waals surface area contributed by atoms with Crippen molar-refractivity contribution in [3.63, 3.8) is 0 Å². The van der Waals surface area contributed by atoms with Crippen molar-refractivity contribution in [2.75, 3.05) is 11.1 Å². The van der Waals surface area contributed by atoms with Crippen LogP contribution < -0.4 is 11.1 Å². The van der Waals surface area contributed by atoms with Gasteiger partial charge in [0.2, 0.25) is 0 Å². The summed E-state index contributed by atoms with van der Waals surface area (Å²) in [6.07, 6.45) is 0. The largest absolute Gasteiger partial charge is 0.478 e. The van der Waals surface area contributed by atoms with Crippen molar-refractivity contribution < 1.29 is 14.8 Å². The summed E-state index contributed by atoms with van der Waals surface area (Å²) in [5.74, 6) is -1.20. The van der Waals surface area contributed by atoms with Gasteiger partial charge in [0.1, 0.15) is 5.69 Å². The molecular weight excluding hydrogens is 298 g/mol. The monoisotopic (exact) mass is 307 g/mol. The van der Waals surface area contributed by atoms with Crippen LogP contribution in [0.15, 0.2) is 36.4 Å². The molecule has 0 aliphatic carbocycles. The molecule has 7 nitrogen and oxygen atoms in total. The van der Waals surface area contributed by atoms with Crippen LogP contribution in [0.3, 0.4) is 0 Å². The molecule has 108 valence electrons. The zero-order valence-corrected chi connectivity index (χ0v) is 11.3. The minimum atomic E-state index is -1.20. The molecule has 0 amide bonds. The van der Waals surface area contributed by atoms with Gasteiger partial charge in [0, 0.05) is 16.8 Å². The summed E-state index contributed by atoms with van der Waals surface area (Å²) in [5, 5.41) is 23.1. The van der Waals surface area contributed by atoms with Gasteiger partial charge in [-0.15, -0.1) is 0 Å². The second kappa shape index (κ2) is 5.68. The van der Waals surface area contributed by atoms with Crippen LogP contribution in [0.1, 0.15) is 10.4 Å². The molecule has 0 spiro atoms. The molecule has 0 unspecified atom stereocenters. The van der Waals surface area contributed by atoms with Crippen molar-refractivity contribution >= 4 is 40.3 Å². The molecule has 0 aromatic heterocycles. The number of rotatable bonds is 4. The fourth-order valence-electron chi connectivity index (χ4n) is 1.75. The first-order valence-electron chi connectivity index (χ1n) is 5.72. The van der Waals surface area contributed by atoms with Crippen molar-refractivity contribution in [3.05, 3.63) is 57.1 Å². The van der Waals surface area contributed by atoms with Gasteiger partial charge in [0.25, 0.3) is 5.69 Å². The summed E-state index contributed by atoms with van der Waals surface area (Å²) in [6.45, 7) is 0. The first-order chi connectivity index (χ1) is 9.88. The molecule has 0 atom stereocenters. The first-order valence-corrected chi connectivity index (χ1v) is 6.10. The van der Waals surface area contributed by atoms with Gasteiger partial charge in [-0.2, -0.15) is 0 Å². The molecule has 2 rings (SSSR count). The Bertz CT molecular complexity index is 672. The number of halogens is 1. The maximum Gasteiger partial charge on any atom is 0.337 e. The molecule has 2 aromatic carbocycles. The van der Waals surface area contributed by atoms with E-state index in [0.29, 0.717) is 0 Å². The summed E-state index contributed by atoms with van der Waals surface area (Å²) in [4.78, 5) is 21.6. The van der Waals surface area contributed by atoms with E-state index in [0.717, 1.165) is 0 Å². The number of nitro groups is 1. The van der Waals surface area contributed by atoms with Gasteiger partial charge < -0.3 is 16.2 Å². The molecule has 0 bridgehead atoms. The Hall–Kier alpha value is -2.80. The molecule has 21 heavy (non-hydrogen) atoms. The molecule has 2 aromatic rings. The fourth-order valence-corrected chi connectivity index (χ4v) is 1.93. The molecule has 0 saturated heterocycles. The Morgan fingerprint density at radius 3 is 2.52 bits per heavy atom. The highest BCUT2D eigenvalue weighted by molar-refractivity contribution is 6.31. The zero-order chi connectivity index (χ0) is 15.6. The number of nitrogens with two attached hydrogens (primary N) is 1. The van der Waals surface area contributed by atoms with E-state index in [1.807, 2.05) is 0 Å². The Balaban J connectivity index is 2.48. The van der Waals surface area contributed by atoms with Crippen LogP contribution in [0.25, 0.3) is 0 Å². The van der Waals surface area contributed by atoms with Crippen molar-refractivity contribution in [2.24, 2.45) is 0 Å². The second-order valence-corrected chi connectivity index (χ2v) is 4.59. The van der Waals surface area contributed by atoms with Gasteiger partial charge in [-0.3, -0.25) is 10.1 Å². The number of hydrogen-bond donors (Lipinski definition) is 3. The number of nitrogen functional groups attached to an aromatic ring is 1. The molecule has 0 fully saturated rings. The molecule has 0 radical (unpaired) electrons. The number of anilines is 3. The fraction of sp³-hybridized carbons (Fsp3) is 0. The summed E-state index contributed by atoms with van der Waals surface area (Å²) < 4.78 is 0. The maximum absolute atomic E-state index is 11.2. The second-order valence-electron chi connectivity index (χ2n) is 4.15. The lowest BCUT2D eigenvalue weighted by Crippen LogP contribution is -2.04. The van der Waals surface area contributed by atoms with E-state index >= 15 is 0 Å². The lowest BCUT2D eigenvalue weighted by Gasteiger charge is -2.10. The average Bonchev–Trinajstić information content (AvgIpc) is 2.42. The number of carboxylic acid groups (broad SMARTS) is 1. The van der Waals surface area contributed by atoms with Crippen LogP contribution in [-0.4, -0.2) is 16.0 Å². The van der Waals surface area contributed by atoms with Crippen LogP contribution in [0.4, 0.5) is 22.7 Å². The molecule has 0 aliphatic heterocycles. The van der Waals surface area contributed by atoms with Gasteiger partial charge in [-0.05, 0) is 30.3 Å². The molecule has 0 heterocycles. The summed E-state index contributed by atoms with van der Waals surface area (Å²) >= 11 is 5.75. The molecule has 4 N–H and O–H groups in total. The number of benzene rings is 2. The van der Waals surface area contributed by atoms with Gasteiger partial charge in [-0.25, -0.2) is 4.79 Å². The quantitative estimate of drug-likeness (QED) is 0.453. The van der Waals surface area contributed by atoms with Gasteiger partial charge >= 0.3 is 5.97 Å². The molecule has 0 aliphatic rings. The smallest absolute Gasteiger partial charge is 0.337 e. The zero-order valence-electron chi connectivity index (χ0n) is 10.5. The molecular formula is C13H10ClN3O4. The number of carbonyl (C=O) groups is 1. The van der Waals surface area contributed by atoms with Crippen LogP contribution in [0.5, 0.6) is 0 Å². The van der Waals surface area contributed by atoms with Gasteiger partial charge in [-0.1, -0.05) is 11.6 Å². The van der Waals surface area contributed by atoms with E-state index in [9.17, 15) is 14.9 Å². The Morgan fingerprint density at radius 1 is 1.24 bits per heavy atom. The van der Waals surface area contributed by atoms with E-state index in [1.54, 1.807) is 0 Å². The topological polar surface area (TPSA) is 118 Å². The minimum absolute atomic E-state index is 0.0892. The van der Waals surface area contributed by atoms with Crippen molar-refractivity contribution in [1.29, 1.82) is 0 Å². The van der Waals surface area contributed by atoms with E-state index in [1.165, 1.54) is 36.4 Å². The van der Waals surface area contributed by atoms with Gasteiger partial charge in [0.15, 0.2) is 0 Å². The Labute approximate surface area is 124 Å². The van der Waals surface area contributed by atoms with Crippen LogP contribution in [-0.2, 0) is 0 Å². The Morgan fingerprint density at radius 2 is 1.90 bits per heavy atom. The Kier molecular flexibility index (Phi) is 3.95. The van der Waals surface area contributed by atoms with Gasteiger partial charge in [0.05, 0.1) is 16.2 Å². The van der Waals surface area contributed by atoms with E-state index < -0.39 is 10.9 Å². The number of carboxylic acids is 1. The van der Waals surface area contributed by atoms with Crippen LogP contribution >= 0.6 is 11.6 Å². The van der Waals surface area contributed by atoms with Crippen molar-refractivity contribution in [1.82, 2.24) is 0 Å². The molecule has 8 heteroatoms. The summed E-state index contributed by atoms with van der Waals surface area (Å²) in [7, 11) is 0. The SMILES string of the molecule is Nc1ccc(Nc2ccc(Cl)cc2C(=O)O)c([N+](=O)[O-])c1. The van der Waals surface area contributed by atoms with Crippen LogP contribution in [0.2, 0.25) is 5.02 Å². The van der Waals surface area contributed by atoms with Crippen LogP contribution in [0, 0.1) is 10.1 Å². The number of hydrogen-bond acceptors (Lipinski definition) is 5. The summed E-state index contributed by atoms with van der Waals surface area (Å²) in [5.41, 5.74) is 5.74. The highest BCUT2D eigenvalue weighted by atomic mass is 35.5. The third-order valence-corrected chi connectivity index (χ3v) is 2.93. The normalized spacial score (nSPS) is 10.1. The van der Waals surface area contributed by atoms with E-state index in [2.05, 4.69) is 5.32 Å². The van der Waals surface area contributed by atoms with E-state index in [-0.39, 0.29) is 33.3 Å². The minimum Gasteiger partial charge on any atom is -0.478 e. The number of aromatic carboxylic acids is 1. The third-order valence-electron chi connectivity index (χ3n) is 2.70. The first kappa shape index (κ1) is 14.6. The number of nitrogens with one attached hydrogen (secondary N) is 1. The average molecular weight is 308 g/mol. The predicted octanol–water partition coefficient (Wildman–Crippen LogP) is 3.27. The molecule has 0 saturated carbocycles. The lowest BCUT2D eigenvalue weighted by atomic mass is 10.1. The lowest BCUT2D eigenvalue weighted by molar-refractivity contribution is -0.383. The standard InChI is InChI=1S/C13H10ClN3O4/c14-7-1-3-10(9(5-7)13(18)19)16-11-4-2-8(15)6-12(11)17(20)21/h1-6,16H,15H2,(H,18,19). The highest BCUT2D eigenvalue weighted by Crippen LogP contribution is 2.31. The number of nitro benzene ring substituents is 1. The van der Waals surface area contributed by atoms with Crippen molar-refractivity contribution in [2.45, 2.75) is 0 Å². The predicted molar refractivity (Wildman–Crippen MR) is 79.2 cm³/mol. The summed E-state index contributed by atoms with van der Waals surface area (Å²) in [6, 6.07) is 8.26. The highest BCUT2D eigenvalue weighted by Gasteiger charge is 2.17. The maximum atomic E-state index is 11.2. The van der Waals surface area contributed by atoms with E-state index in [4.69, 9.17) is 22.4 Å². The third kappa shape index (κ3) is 3.21. The number of nitrogens with zero attached hydrogens (tertiary/aromatic N) is 1. The van der Waals surface area contributed by atoms with Crippen molar-refractivity contribution in [3.8, 4) is 0 Å².